The van der Waals surface area contributed by atoms with Crippen LogP contribution in [0.4, 0.5) is 5.95 Å². The standard InChI is InChI=1S/C22H21Cl2N5O4/c1-28-19-18(20(31)27-22(28)32)29(21(26-19)25-10-13-5-3-2-4-6-13)11-15(30)12-33-17-8-7-14(23)9-16(17)24/h2-9,15,30H,10-12H2,1H3,(H,25,26)(H,27,31,32)/t15-/m0/s1. The van der Waals surface area contributed by atoms with Crippen LogP contribution in [0.5, 0.6) is 5.75 Å². The largest absolute Gasteiger partial charge is 0.489 e. The molecular formula is C22H21Cl2N5O4. The number of aromatic amines is 1. The van der Waals surface area contributed by atoms with E-state index in [1.807, 2.05) is 30.3 Å². The maximum absolute atomic E-state index is 12.6. The van der Waals surface area contributed by atoms with Crippen LogP contribution in [0.1, 0.15) is 5.56 Å². The molecule has 4 aromatic rings. The van der Waals surface area contributed by atoms with Gasteiger partial charge in [0.25, 0.3) is 5.56 Å². The van der Waals surface area contributed by atoms with E-state index in [0.29, 0.717) is 28.3 Å². The van der Waals surface area contributed by atoms with Gasteiger partial charge in [0.15, 0.2) is 11.2 Å². The number of hydrogen-bond donors (Lipinski definition) is 3. The first-order valence-corrected chi connectivity index (χ1v) is 10.8. The van der Waals surface area contributed by atoms with Crippen LogP contribution in [-0.2, 0) is 20.1 Å². The van der Waals surface area contributed by atoms with Gasteiger partial charge in [0, 0.05) is 18.6 Å². The van der Waals surface area contributed by atoms with Crippen LogP contribution >= 0.6 is 23.2 Å². The molecule has 3 N–H and O–H groups in total. The monoisotopic (exact) mass is 489 g/mol. The van der Waals surface area contributed by atoms with Crippen LogP contribution in [0.25, 0.3) is 11.2 Å². The topological polar surface area (TPSA) is 114 Å². The first kappa shape index (κ1) is 22.9. The van der Waals surface area contributed by atoms with Gasteiger partial charge in [-0.15, -0.1) is 0 Å². The maximum atomic E-state index is 12.6. The Hall–Kier alpha value is -3.27. The van der Waals surface area contributed by atoms with Gasteiger partial charge >= 0.3 is 5.69 Å². The summed E-state index contributed by atoms with van der Waals surface area (Å²) < 4.78 is 8.40. The molecule has 9 nitrogen and oxygen atoms in total. The third kappa shape index (κ3) is 5.05. The second-order valence-electron chi connectivity index (χ2n) is 7.42. The zero-order chi connectivity index (χ0) is 23.5. The van der Waals surface area contributed by atoms with Crippen molar-refractivity contribution >= 4 is 40.3 Å². The third-order valence-electron chi connectivity index (χ3n) is 5.02. The Labute approximate surface area is 198 Å². The molecule has 2 aromatic heterocycles. The number of aryl methyl sites for hydroxylation is 1. The van der Waals surface area contributed by atoms with Crippen LogP contribution in [0.2, 0.25) is 10.0 Å². The highest BCUT2D eigenvalue weighted by molar-refractivity contribution is 6.35. The van der Waals surface area contributed by atoms with Gasteiger partial charge in [-0.1, -0.05) is 53.5 Å². The van der Waals surface area contributed by atoms with Crippen molar-refractivity contribution < 1.29 is 9.84 Å². The van der Waals surface area contributed by atoms with Crippen molar-refractivity contribution in [1.82, 2.24) is 19.1 Å². The molecule has 0 radical (unpaired) electrons. The second kappa shape index (κ2) is 9.70. The summed E-state index contributed by atoms with van der Waals surface area (Å²) >= 11 is 12.0. The highest BCUT2D eigenvalue weighted by Crippen LogP contribution is 2.27. The molecule has 4 rings (SSSR count). The Balaban J connectivity index is 1.61. The molecular weight excluding hydrogens is 469 g/mol. The number of fused-ring (bicyclic) bond motifs is 1. The van der Waals surface area contributed by atoms with Gasteiger partial charge in [-0.25, -0.2) is 4.79 Å². The van der Waals surface area contributed by atoms with Crippen molar-refractivity contribution in [3.63, 3.8) is 0 Å². The van der Waals surface area contributed by atoms with E-state index in [2.05, 4.69) is 15.3 Å². The van der Waals surface area contributed by atoms with Gasteiger partial charge < -0.3 is 19.7 Å². The van der Waals surface area contributed by atoms with E-state index in [4.69, 9.17) is 27.9 Å². The molecule has 1 atom stereocenters. The van der Waals surface area contributed by atoms with E-state index in [1.165, 1.54) is 16.2 Å². The Bertz CT molecular complexity index is 1400. The van der Waals surface area contributed by atoms with Gasteiger partial charge in [-0.2, -0.15) is 4.98 Å². The Morgan fingerprint density at radius 2 is 1.94 bits per heavy atom. The average Bonchev–Trinajstić information content (AvgIpc) is 3.15. The molecule has 0 amide bonds. The van der Waals surface area contributed by atoms with E-state index in [9.17, 15) is 14.7 Å². The molecule has 2 heterocycles. The molecule has 0 spiro atoms. The lowest BCUT2D eigenvalue weighted by atomic mass is 10.2. The van der Waals surface area contributed by atoms with Crippen LogP contribution in [0.3, 0.4) is 0 Å². The molecule has 0 bridgehead atoms. The number of nitrogens with one attached hydrogen (secondary N) is 2. The molecule has 0 unspecified atom stereocenters. The molecule has 33 heavy (non-hydrogen) atoms. The van der Waals surface area contributed by atoms with E-state index in [0.717, 1.165) is 5.56 Å². The number of H-pyrrole nitrogens is 1. The zero-order valence-corrected chi connectivity index (χ0v) is 19.1. The summed E-state index contributed by atoms with van der Waals surface area (Å²) in [4.78, 5) is 31.4. The van der Waals surface area contributed by atoms with Crippen LogP contribution in [0, 0.1) is 0 Å². The van der Waals surface area contributed by atoms with Gasteiger partial charge in [0.1, 0.15) is 18.5 Å². The summed E-state index contributed by atoms with van der Waals surface area (Å²) in [6, 6.07) is 14.4. The fourth-order valence-corrected chi connectivity index (χ4v) is 3.83. The number of aliphatic hydroxyl groups is 1. The highest BCUT2D eigenvalue weighted by atomic mass is 35.5. The number of halogens is 2. The number of benzene rings is 2. The number of anilines is 1. The molecule has 172 valence electrons. The minimum Gasteiger partial charge on any atom is -0.489 e. The lowest BCUT2D eigenvalue weighted by Crippen LogP contribution is -2.31. The number of hydrogen-bond acceptors (Lipinski definition) is 6. The Kier molecular flexibility index (Phi) is 6.73. The fourth-order valence-electron chi connectivity index (χ4n) is 3.37. The highest BCUT2D eigenvalue weighted by Gasteiger charge is 2.20. The zero-order valence-electron chi connectivity index (χ0n) is 17.6. The maximum Gasteiger partial charge on any atom is 0.329 e. The molecule has 2 aromatic carbocycles. The smallest absolute Gasteiger partial charge is 0.329 e. The molecule has 0 aliphatic carbocycles. The van der Waals surface area contributed by atoms with Crippen LogP contribution < -0.4 is 21.3 Å². The normalized spacial score (nSPS) is 12.1. The number of rotatable bonds is 8. The van der Waals surface area contributed by atoms with Crippen molar-refractivity contribution in [2.45, 2.75) is 19.2 Å². The first-order valence-electron chi connectivity index (χ1n) is 10.1. The fraction of sp³-hybridized carbons (Fsp3) is 0.227. The predicted molar refractivity (Wildman–Crippen MR) is 127 cm³/mol. The van der Waals surface area contributed by atoms with Crippen molar-refractivity contribution in [3.8, 4) is 5.75 Å². The second-order valence-corrected chi connectivity index (χ2v) is 8.26. The van der Waals surface area contributed by atoms with Crippen molar-refractivity contribution in [1.29, 1.82) is 0 Å². The molecule has 0 saturated carbocycles. The van der Waals surface area contributed by atoms with Gasteiger partial charge in [0.05, 0.1) is 11.6 Å². The minimum atomic E-state index is -1.01. The number of aromatic nitrogens is 4. The summed E-state index contributed by atoms with van der Waals surface area (Å²) in [6.45, 7) is 0.325. The summed E-state index contributed by atoms with van der Waals surface area (Å²) in [5, 5.41) is 14.6. The predicted octanol–water partition coefficient (Wildman–Crippen LogP) is 2.78. The van der Waals surface area contributed by atoms with E-state index in [-0.39, 0.29) is 24.3 Å². The van der Waals surface area contributed by atoms with E-state index < -0.39 is 17.4 Å². The number of aliphatic hydroxyl groups excluding tert-OH is 1. The third-order valence-corrected chi connectivity index (χ3v) is 5.55. The molecule has 0 fully saturated rings. The molecule has 0 aliphatic rings. The molecule has 0 aliphatic heterocycles. The summed E-state index contributed by atoms with van der Waals surface area (Å²) in [5.41, 5.74) is 0.194. The van der Waals surface area contributed by atoms with Crippen LogP contribution in [-0.4, -0.2) is 36.9 Å². The Morgan fingerprint density at radius 3 is 2.67 bits per heavy atom. The number of ether oxygens (including phenoxy) is 1. The molecule has 0 saturated heterocycles. The van der Waals surface area contributed by atoms with Gasteiger partial charge in [-0.3, -0.25) is 14.3 Å². The quantitative estimate of drug-likeness (QED) is 0.350. The van der Waals surface area contributed by atoms with Gasteiger partial charge in [0.2, 0.25) is 5.95 Å². The minimum absolute atomic E-state index is 0.0138. The van der Waals surface area contributed by atoms with Crippen molar-refractivity contribution in [2.24, 2.45) is 7.05 Å². The average molecular weight is 490 g/mol. The Morgan fingerprint density at radius 1 is 1.18 bits per heavy atom. The van der Waals surface area contributed by atoms with E-state index >= 15 is 0 Å². The van der Waals surface area contributed by atoms with Gasteiger partial charge in [-0.05, 0) is 23.8 Å². The van der Waals surface area contributed by atoms with Crippen LogP contribution in [0.15, 0.2) is 58.1 Å². The summed E-state index contributed by atoms with van der Waals surface area (Å²) in [5.74, 6) is 0.711. The summed E-state index contributed by atoms with van der Waals surface area (Å²) in [7, 11) is 1.51. The lowest BCUT2D eigenvalue weighted by Gasteiger charge is -2.16. The SMILES string of the molecule is Cn1c(=O)[nH]c(=O)c2c1nc(NCc1ccccc1)n2C[C@H](O)COc1ccc(Cl)cc1Cl. The van der Waals surface area contributed by atoms with E-state index in [1.54, 1.807) is 18.2 Å². The number of imidazole rings is 1. The summed E-state index contributed by atoms with van der Waals surface area (Å²) in [6.07, 6.45) is -1.01. The molecule has 11 heteroatoms. The van der Waals surface area contributed by atoms with Crippen molar-refractivity contribution in [3.05, 3.63) is 85.0 Å². The number of nitrogens with zero attached hydrogens (tertiary/aromatic N) is 3. The van der Waals surface area contributed by atoms with Crippen molar-refractivity contribution in [2.75, 3.05) is 11.9 Å². The lowest BCUT2D eigenvalue weighted by molar-refractivity contribution is 0.0939. The first-order chi connectivity index (χ1) is 15.8.